The molecule has 96 valence electrons. The molecule has 0 bridgehead atoms. The quantitative estimate of drug-likeness (QED) is 0.520. The van der Waals surface area contributed by atoms with E-state index in [0.29, 0.717) is 5.95 Å². The third-order valence-electron chi connectivity index (χ3n) is 2.58. The Morgan fingerprint density at radius 3 is 2.84 bits per heavy atom. The lowest BCUT2D eigenvalue weighted by Crippen LogP contribution is -2.14. The number of nitrogens with two attached hydrogens (primary N) is 1. The summed E-state index contributed by atoms with van der Waals surface area (Å²) >= 11 is 0. The van der Waals surface area contributed by atoms with Crippen LogP contribution >= 0.6 is 0 Å². The highest BCUT2D eigenvalue weighted by molar-refractivity contribution is 5.79. The van der Waals surface area contributed by atoms with E-state index in [9.17, 15) is 0 Å². The summed E-state index contributed by atoms with van der Waals surface area (Å²) in [5.74, 6) is 5.86. The number of nitrogen functional groups attached to an aromatic ring is 1. The third kappa shape index (κ3) is 1.93. The van der Waals surface area contributed by atoms with Gasteiger partial charge in [-0.2, -0.15) is 24.7 Å². The molecule has 1 aromatic carbocycles. The van der Waals surface area contributed by atoms with Crippen molar-refractivity contribution in [3.63, 3.8) is 0 Å². The number of benzene rings is 1. The normalized spacial score (nSPS) is 10.6. The third-order valence-corrected chi connectivity index (χ3v) is 2.58. The second kappa shape index (κ2) is 4.50. The summed E-state index contributed by atoms with van der Waals surface area (Å²) in [4.78, 5) is 12.2. The number of rotatable bonds is 3. The number of nitrogens with zero attached hydrogens (tertiary/aromatic N) is 5. The van der Waals surface area contributed by atoms with Gasteiger partial charge in [0.1, 0.15) is 0 Å². The number of anilines is 1. The van der Waals surface area contributed by atoms with Gasteiger partial charge in [-0.1, -0.05) is 18.2 Å². The summed E-state index contributed by atoms with van der Waals surface area (Å²) in [7, 11) is 1.47. The number of hydrogen-bond acceptors (Lipinski definition) is 7. The van der Waals surface area contributed by atoms with Gasteiger partial charge in [0.15, 0.2) is 0 Å². The molecule has 0 aliphatic rings. The Morgan fingerprint density at radius 1 is 1.21 bits per heavy atom. The fraction of sp³-hybridized carbons (Fsp3) is 0.0909. The smallest absolute Gasteiger partial charge is 0.322 e. The number of ether oxygens (including phenoxy) is 1. The number of aromatic nitrogens is 5. The molecule has 0 amide bonds. The van der Waals surface area contributed by atoms with Crippen LogP contribution in [0, 0.1) is 0 Å². The molecule has 0 aliphatic heterocycles. The van der Waals surface area contributed by atoms with Crippen LogP contribution in [0.25, 0.3) is 16.9 Å². The van der Waals surface area contributed by atoms with Gasteiger partial charge in [0.25, 0.3) is 5.95 Å². The van der Waals surface area contributed by atoms with E-state index in [-0.39, 0.29) is 12.0 Å². The average molecular weight is 257 g/mol. The minimum atomic E-state index is 0.164. The van der Waals surface area contributed by atoms with E-state index >= 15 is 0 Å². The monoisotopic (exact) mass is 257 g/mol. The van der Waals surface area contributed by atoms with Crippen molar-refractivity contribution in [2.24, 2.45) is 5.84 Å². The Hall–Kier alpha value is -2.74. The molecule has 0 aliphatic carbocycles. The molecule has 3 rings (SSSR count). The first-order valence-electron chi connectivity index (χ1n) is 5.51. The zero-order chi connectivity index (χ0) is 13.2. The Bertz CT molecular complexity index is 702. The summed E-state index contributed by atoms with van der Waals surface area (Å²) in [5, 5.41) is 5.25. The molecule has 3 N–H and O–H groups in total. The van der Waals surface area contributed by atoms with E-state index in [4.69, 9.17) is 10.6 Å². The molecule has 3 aromatic rings. The molecule has 0 radical (unpaired) electrons. The fourth-order valence-corrected chi connectivity index (χ4v) is 1.73. The van der Waals surface area contributed by atoms with Crippen molar-refractivity contribution in [1.29, 1.82) is 0 Å². The highest BCUT2D eigenvalue weighted by Gasteiger charge is 2.11. The molecule has 8 heteroatoms. The van der Waals surface area contributed by atoms with E-state index in [2.05, 4.69) is 25.5 Å². The maximum atomic E-state index is 5.32. The molecule has 8 nitrogen and oxygen atoms in total. The molecule has 0 spiro atoms. The Balaban J connectivity index is 2.20. The summed E-state index contributed by atoms with van der Waals surface area (Å²) in [6.45, 7) is 0. The zero-order valence-corrected chi connectivity index (χ0v) is 10.1. The fourth-order valence-electron chi connectivity index (χ4n) is 1.73. The Kier molecular flexibility index (Phi) is 2.69. The first kappa shape index (κ1) is 11.4. The van der Waals surface area contributed by atoms with E-state index in [1.54, 1.807) is 10.9 Å². The highest BCUT2D eigenvalue weighted by Crippen LogP contribution is 2.17. The van der Waals surface area contributed by atoms with Crippen molar-refractivity contribution in [1.82, 2.24) is 24.7 Å². The van der Waals surface area contributed by atoms with Crippen LogP contribution in [-0.2, 0) is 0 Å². The standard InChI is InChI=1S/C11H11N7O/c1-19-11-15-9(17-12)14-10(16-11)18-8-5-3-2-4-7(8)6-13-18/h2-6H,12H2,1H3,(H,14,15,16,17). The molecular formula is C11H11N7O. The number of hydrazine groups is 1. The van der Waals surface area contributed by atoms with Gasteiger partial charge >= 0.3 is 6.01 Å². The van der Waals surface area contributed by atoms with Crippen LogP contribution in [0.1, 0.15) is 0 Å². The largest absolute Gasteiger partial charge is 0.467 e. The molecule has 0 saturated heterocycles. The first-order valence-corrected chi connectivity index (χ1v) is 5.51. The second-order valence-electron chi connectivity index (χ2n) is 3.71. The van der Waals surface area contributed by atoms with Gasteiger partial charge in [0.05, 0.1) is 18.8 Å². The minimum Gasteiger partial charge on any atom is -0.467 e. The number of methoxy groups -OCH3 is 1. The molecule has 0 unspecified atom stereocenters. The summed E-state index contributed by atoms with van der Waals surface area (Å²) in [6, 6.07) is 7.90. The maximum Gasteiger partial charge on any atom is 0.322 e. The van der Waals surface area contributed by atoms with Crippen LogP contribution in [0.5, 0.6) is 6.01 Å². The summed E-state index contributed by atoms with van der Waals surface area (Å²) in [5.41, 5.74) is 3.26. The SMILES string of the molecule is COc1nc(NN)nc(-n2ncc3ccccc32)n1. The Morgan fingerprint density at radius 2 is 2.05 bits per heavy atom. The predicted molar refractivity (Wildman–Crippen MR) is 68.8 cm³/mol. The van der Waals surface area contributed by atoms with Gasteiger partial charge in [-0.15, -0.1) is 0 Å². The van der Waals surface area contributed by atoms with E-state index in [1.165, 1.54) is 7.11 Å². The van der Waals surface area contributed by atoms with Crippen LogP contribution in [0.2, 0.25) is 0 Å². The number of nitrogens with one attached hydrogen (secondary N) is 1. The van der Waals surface area contributed by atoms with Gasteiger partial charge in [-0.05, 0) is 6.07 Å². The molecule has 0 fully saturated rings. The summed E-state index contributed by atoms with van der Waals surface area (Å²) in [6.07, 6.45) is 1.74. The average Bonchev–Trinajstić information content (AvgIpc) is 2.90. The number of hydrogen-bond donors (Lipinski definition) is 2. The lowest BCUT2D eigenvalue weighted by molar-refractivity contribution is 0.377. The molecule has 2 heterocycles. The number of fused-ring (bicyclic) bond motifs is 1. The highest BCUT2D eigenvalue weighted by atomic mass is 16.5. The van der Waals surface area contributed by atoms with Crippen LogP contribution in [0.15, 0.2) is 30.5 Å². The van der Waals surface area contributed by atoms with Crippen LogP contribution in [-0.4, -0.2) is 31.8 Å². The second-order valence-corrected chi connectivity index (χ2v) is 3.71. The molecule has 19 heavy (non-hydrogen) atoms. The van der Waals surface area contributed by atoms with Crippen molar-refractivity contribution in [2.45, 2.75) is 0 Å². The zero-order valence-electron chi connectivity index (χ0n) is 10.1. The minimum absolute atomic E-state index is 0.164. The maximum absolute atomic E-state index is 5.32. The molecule has 0 saturated carbocycles. The first-order chi connectivity index (χ1) is 9.31. The van der Waals surface area contributed by atoms with Crippen molar-refractivity contribution >= 4 is 16.9 Å². The van der Waals surface area contributed by atoms with Gasteiger partial charge in [-0.3, -0.25) is 5.43 Å². The van der Waals surface area contributed by atoms with Gasteiger partial charge in [0.2, 0.25) is 5.95 Å². The topological polar surface area (TPSA) is 104 Å². The molecule has 0 atom stereocenters. The number of para-hydroxylation sites is 1. The van der Waals surface area contributed by atoms with Crippen molar-refractivity contribution < 1.29 is 4.74 Å². The summed E-state index contributed by atoms with van der Waals surface area (Å²) < 4.78 is 6.61. The van der Waals surface area contributed by atoms with Gasteiger partial charge in [0, 0.05) is 5.39 Å². The van der Waals surface area contributed by atoms with Crippen molar-refractivity contribution in [3.8, 4) is 12.0 Å². The molecular weight excluding hydrogens is 246 g/mol. The van der Waals surface area contributed by atoms with E-state index < -0.39 is 0 Å². The van der Waals surface area contributed by atoms with Gasteiger partial charge < -0.3 is 4.74 Å². The van der Waals surface area contributed by atoms with Crippen LogP contribution in [0.3, 0.4) is 0 Å². The van der Waals surface area contributed by atoms with Crippen LogP contribution in [0.4, 0.5) is 5.95 Å². The van der Waals surface area contributed by atoms with Crippen LogP contribution < -0.4 is 16.0 Å². The van der Waals surface area contributed by atoms with Gasteiger partial charge in [-0.25, -0.2) is 5.84 Å². The lowest BCUT2D eigenvalue weighted by atomic mass is 10.3. The Labute approximate surface area is 108 Å². The molecule has 2 aromatic heterocycles. The van der Waals surface area contributed by atoms with E-state index in [0.717, 1.165) is 10.9 Å². The van der Waals surface area contributed by atoms with Crippen molar-refractivity contribution in [3.05, 3.63) is 30.5 Å². The van der Waals surface area contributed by atoms with E-state index in [1.807, 2.05) is 24.3 Å². The lowest BCUT2D eigenvalue weighted by Gasteiger charge is -2.05. The predicted octanol–water partition coefficient (Wildman–Crippen LogP) is 0.505. The van der Waals surface area contributed by atoms with Crippen molar-refractivity contribution in [2.75, 3.05) is 12.5 Å².